The Bertz CT molecular complexity index is 411. The molecular weight excluding hydrogens is 230 g/mol. The molecule has 4 nitrogen and oxygen atoms in total. The van der Waals surface area contributed by atoms with E-state index in [2.05, 4.69) is 0 Å². The number of carbonyl (C=O) groups excluding carboxylic acids is 1. The van der Waals surface area contributed by atoms with Crippen molar-refractivity contribution in [1.82, 2.24) is 0 Å². The Morgan fingerprint density at radius 2 is 2.00 bits per heavy atom. The highest BCUT2D eigenvalue weighted by molar-refractivity contribution is 5.78. The molecule has 4 rings (SSSR count). The summed E-state index contributed by atoms with van der Waals surface area (Å²) in [5.74, 6) is 0.659. The summed E-state index contributed by atoms with van der Waals surface area (Å²) in [5.41, 5.74) is -1.16. The SMILES string of the molecule is CC(C#N)OC(=O)C12CC3CC(CC(O)(C3)C1)C2. The molecule has 0 spiro atoms. The van der Waals surface area contributed by atoms with Gasteiger partial charge in [-0.2, -0.15) is 5.26 Å². The number of hydrogen-bond acceptors (Lipinski definition) is 4. The van der Waals surface area contributed by atoms with E-state index in [-0.39, 0.29) is 5.97 Å². The van der Waals surface area contributed by atoms with Crippen molar-refractivity contribution >= 4 is 5.97 Å². The van der Waals surface area contributed by atoms with Crippen LogP contribution in [0.2, 0.25) is 0 Å². The fourth-order valence-electron chi connectivity index (χ4n) is 4.76. The topological polar surface area (TPSA) is 70.3 Å². The lowest BCUT2D eigenvalue weighted by molar-refractivity contribution is -0.197. The minimum absolute atomic E-state index is 0.260. The van der Waals surface area contributed by atoms with Crippen LogP contribution < -0.4 is 0 Å². The van der Waals surface area contributed by atoms with Gasteiger partial charge in [-0.25, -0.2) is 0 Å². The average Bonchev–Trinajstić information content (AvgIpc) is 2.25. The van der Waals surface area contributed by atoms with Crippen molar-refractivity contribution < 1.29 is 14.6 Å². The van der Waals surface area contributed by atoms with Crippen LogP contribution in [0.15, 0.2) is 0 Å². The molecule has 3 atom stereocenters. The van der Waals surface area contributed by atoms with Crippen molar-refractivity contribution in [2.24, 2.45) is 17.3 Å². The van der Waals surface area contributed by atoms with Gasteiger partial charge in [0.2, 0.25) is 0 Å². The molecular formula is C14H19NO3. The standard InChI is InChI=1S/C14H19NO3/c1-9(7-15)18-12(16)13-3-10-2-11(4-13)6-14(17,5-10)8-13/h9-11,17H,2-6,8H2,1H3. The van der Waals surface area contributed by atoms with Crippen molar-refractivity contribution in [3.05, 3.63) is 0 Å². The molecule has 18 heavy (non-hydrogen) atoms. The van der Waals surface area contributed by atoms with Gasteiger partial charge in [0.15, 0.2) is 6.10 Å². The lowest BCUT2D eigenvalue weighted by Crippen LogP contribution is -2.58. The molecule has 0 radical (unpaired) electrons. The van der Waals surface area contributed by atoms with Gasteiger partial charge in [-0.05, 0) is 57.3 Å². The highest BCUT2D eigenvalue weighted by atomic mass is 16.5. The monoisotopic (exact) mass is 249 g/mol. The van der Waals surface area contributed by atoms with Crippen LogP contribution in [-0.2, 0) is 9.53 Å². The number of aliphatic hydroxyl groups is 1. The molecule has 4 saturated carbocycles. The first-order valence-corrected chi connectivity index (χ1v) is 6.78. The minimum atomic E-state index is -0.694. The Balaban J connectivity index is 1.83. The Morgan fingerprint density at radius 1 is 1.39 bits per heavy atom. The van der Waals surface area contributed by atoms with Crippen LogP contribution in [0.3, 0.4) is 0 Å². The lowest BCUT2D eigenvalue weighted by atomic mass is 9.48. The van der Waals surface area contributed by atoms with Crippen molar-refractivity contribution in [2.75, 3.05) is 0 Å². The molecule has 98 valence electrons. The van der Waals surface area contributed by atoms with E-state index in [0.717, 1.165) is 32.1 Å². The number of rotatable bonds is 2. The van der Waals surface area contributed by atoms with Gasteiger partial charge in [0, 0.05) is 0 Å². The van der Waals surface area contributed by atoms with Gasteiger partial charge in [0.25, 0.3) is 0 Å². The predicted molar refractivity (Wildman–Crippen MR) is 63.2 cm³/mol. The molecule has 4 fully saturated rings. The largest absolute Gasteiger partial charge is 0.447 e. The zero-order chi connectivity index (χ0) is 13.0. The van der Waals surface area contributed by atoms with Gasteiger partial charge in [0.1, 0.15) is 6.07 Å². The average molecular weight is 249 g/mol. The molecule has 3 unspecified atom stereocenters. The second kappa shape index (κ2) is 3.71. The van der Waals surface area contributed by atoms with Gasteiger partial charge in [0.05, 0.1) is 11.0 Å². The number of carbonyl (C=O) groups is 1. The maximum atomic E-state index is 12.3. The quantitative estimate of drug-likeness (QED) is 0.757. The molecule has 4 aliphatic rings. The van der Waals surface area contributed by atoms with E-state index in [9.17, 15) is 9.90 Å². The summed E-state index contributed by atoms with van der Waals surface area (Å²) >= 11 is 0. The highest BCUT2D eigenvalue weighted by Gasteiger charge is 2.61. The third kappa shape index (κ3) is 1.73. The van der Waals surface area contributed by atoms with Crippen molar-refractivity contribution in [1.29, 1.82) is 5.26 Å². The summed E-state index contributed by atoms with van der Waals surface area (Å²) in [5, 5.41) is 19.3. The molecule has 4 aliphatic carbocycles. The van der Waals surface area contributed by atoms with E-state index in [1.54, 1.807) is 6.92 Å². The third-order valence-electron chi connectivity index (χ3n) is 4.93. The summed E-state index contributed by atoms with van der Waals surface area (Å²) in [4.78, 5) is 12.3. The van der Waals surface area contributed by atoms with Gasteiger partial charge < -0.3 is 9.84 Å². The van der Waals surface area contributed by atoms with Crippen LogP contribution in [0.25, 0.3) is 0 Å². The molecule has 0 heterocycles. The molecule has 4 heteroatoms. The van der Waals surface area contributed by atoms with E-state index in [0.29, 0.717) is 18.3 Å². The zero-order valence-electron chi connectivity index (χ0n) is 10.7. The van der Waals surface area contributed by atoms with Gasteiger partial charge >= 0.3 is 5.97 Å². The molecule has 0 aliphatic heterocycles. The normalized spacial score (nSPS) is 46.5. The summed E-state index contributed by atoms with van der Waals surface area (Å²) in [6.07, 6.45) is 4.33. The molecule has 0 aromatic rings. The lowest BCUT2D eigenvalue weighted by Gasteiger charge is -2.58. The van der Waals surface area contributed by atoms with Crippen LogP contribution in [0.5, 0.6) is 0 Å². The maximum Gasteiger partial charge on any atom is 0.313 e. The highest BCUT2D eigenvalue weighted by Crippen LogP contribution is 2.62. The van der Waals surface area contributed by atoms with Crippen LogP contribution in [0, 0.1) is 28.6 Å². The molecule has 0 aromatic heterocycles. The molecule has 4 bridgehead atoms. The smallest absolute Gasteiger partial charge is 0.313 e. The zero-order valence-corrected chi connectivity index (χ0v) is 10.7. The minimum Gasteiger partial charge on any atom is -0.447 e. The maximum absolute atomic E-state index is 12.3. The van der Waals surface area contributed by atoms with Crippen LogP contribution in [0.4, 0.5) is 0 Å². The van der Waals surface area contributed by atoms with Crippen molar-refractivity contribution in [3.8, 4) is 6.07 Å². The summed E-state index contributed by atoms with van der Waals surface area (Å²) in [7, 11) is 0. The Kier molecular flexibility index (Phi) is 2.47. The second-order valence-electron chi connectivity index (χ2n) is 6.64. The van der Waals surface area contributed by atoms with Gasteiger partial charge in [-0.1, -0.05) is 0 Å². The number of esters is 1. The van der Waals surface area contributed by atoms with E-state index in [4.69, 9.17) is 10.00 Å². The van der Waals surface area contributed by atoms with E-state index in [1.807, 2.05) is 6.07 Å². The fraction of sp³-hybridized carbons (Fsp3) is 0.857. The Hall–Kier alpha value is -1.08. The summed E-state index contributed by atoms with van der Waals surface area (Å²) < 4.78 is 5.22. The summed E-state index contributed by atoms with van der Waals surface area (Å²) in [6, 6.07) is 1.93. The third-order valence-corrected chi connectivity index (χ3v) is 4.93. The predicted octanol–water partition coefficient (Wildman–Crippen LogP) is 1.77. The second-order valence-corrected chi connectivity index (χ2v) is 6.64. The Morgan fingerprint density at radius 3 is 2.50 bits per heavy atom. The number of nitrogens with zero attached hydrogens (tertiary/aromatic N) is 1. The fourth-order valence-corrected chi connectivity index (χ4v) is 4.76. The van der Waals surface area contributed by atoms with Crippen LogP contribution in [0.1, 0.15) is 45.4 Å². The van der Waals surface area contributed by atoms with Crippen LogP contribution in [-0.4, -0.2) is 22.8 Å². The molecule has 0 aromatic carbocycles. The number of nitriles is 1. The van der Waals surface area contributed by atoms with E-state index >= 15 is 0 Å². The Labute approximate surface area is 107 Å². The number of ether oxygens (including phenoxy) is 1. The van der Waals surface area contributed by atoms with Crippen LogP contribution >= 0.6 is 0 Å². The van der Waals surface area contributed by atoms with Gasteiger partial charge in [-0.15, -0.1) is 0 Å². The van der Waals surface area contributed by atoms with E-state index in [1.165, 1.54) is 0 Å². The van der Waals surface area contributed by atoms with Gasteiger partial charge in [-0.3, -0.25) is 4.79 Å². The molecule has 1 N–H and O–H groups in total. The first kappa shape index (κ1) is 12.0. The molecule has 0 saturated heterocycles. The number of hydrogen-bond donors (Lipinski definition) is 1. The van der Waals surface area contributed by atoms with E-state index < -0.39 is 17.1 Å². The van der Waals surface area contributed by atoms with Crippen molar-refractivity contribution in [2.45, 2.75) is 57.2 Å². The summed E-state index contributed by atoms with van der Waals surface area (Å²) in [6.45, 7) is 1.59. The van der Waals surface area contributed by atoms with Crippen molar-refractivity contribution in [3.63, 3.8) is 0 Å². The molecule has 0 amide bonds. The first-order valence-electron chi connectivity index (χ1n) is 6.78. The first-order chi connectivity index (χ1) is 8.45.